The van der Waals surface area contributed by atoms with Crippen LogP contribution in [0.2, 0.25) is 0 Å². The zero-order chi connectivity index (χ0) is 9.19. The lowest BCUT2D eigenvalue weighted by Crippen LogP contribution is -2.46. The maximum atomic E-state index is 11.2. The highest BCUT2D eigenvalue weighted by atomic mass is 16.5. The van der Waals surface area contributed by atoms with Crippen LogP contribution in [0.4, 0.5) is 4.79 Å². The van der Waals surface area contributed by atoms with E-state index in [1.165, 1.54) is 0 Å². The molecule has 3 N–H and O–H groups in total. The molecule has 0 atom stereocenters. The van der Waals surface area contributed by atoms with Gasteiger partial charge in [0, 0.05) is 0 Å². The second-order valence-corrected chi connectivity index (χ2v) is 2.79. The molecule has 1 fully saturated rings. The molecule has 68 valence electrons. The molecule has 5 nitrogen and oxygen atoms in total. The summed E-state index contributed by atoms with van der Waals surface area (Å²) in [5, 5.41) is 2.38. The predicted molar refractivity (Wildman–Crippen MR) is 41.3 cm³/mol. The fraction of sp³-hybridized carbons (Fsp3) is 0.714. The monoisotopic (exact) mass is 172 g/mol. The molecule has 0 spiro atoms. The number of carbonyl (C=O) groups excluding carboxylic acids is 2. The second-order valence-electron chi connectivity index (χ2n) is 2.79. The Morgan fingerprint density at radius 2 is 2.17 bits per heavy atom. The van der Waals surface area contributed by atoms with Crippen LogP contribution >= 0.6 is 0 Å². The normalized spacial score (nSPS) is 18.1. The highest BCUT2D eigenvalue weighted by Crippen LogP contribution is 2.36. The van der Waals surface area contributed by atoms with Crippen LogP contribution in [0.15, 0.2) is 0 Å². The minimum atomic E-state index is -0.804. The molecule has 0 aromatic rings. The average Bonchev–Trinajstić information content (AvgIpc) is 2.69. The van der Waals surface area contributed by atoms with Crippen LogP contribution < -0.4 is 11.1 Å². The molecule has 1 aliphatic rings. The number of carbonyl (C=O) groups is 2. The number of ether oxygens (including phenoxy) is 1. The molecule has 0 radical (unpaired) electrons. The van der Waals surface area contributed by atoms with Gasteiger partial charge in [0.2, 0.25) is 0 Å². The van der Waals surface area contributed by atoms with E-state index in [9.17, 15) is 9.59 Å². The lowest BCUT2D eigenvalue weighted by molar-refractivity contribution is -0.146. The van der Waals surface area contributed by atoms with Gasteiger partial charge < -0.3 is 15.8 Å². The number of urea groups is 1. The van der Waals surface area contributed by atoms with E-state index in [0.717, 1.165) is 0 Å². The first-order chi connectivity index (χ1) is 5.60. The third kappa shape index (κ3) is 1.66. The molecular formula is C7H12N2O3. The van der Waals surface area contributed by atoms with E-state index in [-0.39, 0.29) is 5.97 Å². The highest BCUT2D eigenvalue weighted by molar-refractivity contribution is 5.89. The van der Waals surface area contributed by atoms with E-state index in [2.05, 4.69) is 5.32 Å². The van der Waals surface area contributed by atoms with Gasteiger partial charge in [-0.25, -0.2) is 9.59 Å². The summed E-state index contributed by atoms with van der Waals surface area (Å²) >= 11 is 0. The Morgan fingerprint density at radius 1 is 1.58 bits per heavy atom. The van der Waals surface area contributed by atoms with Gasteiger partial charge in [-0.2, -0.15) is 0 Å². The van der Waals surface area contributed by atoms with Crippen molar-refractivity contribution in [3.05, 3.63) is 0 Å². The van der Waals surface area contributed by atoms with Crippen molar-refractivity contribution in [1.82, 2.24) is 5.32 Å². The van der Waals surface area contributed by atoms with Gasteiger partial charge in [-0.3, -0.25) is 0 Å². The Balaban J connectivity index is 2.48. The third-order valence-corrected chi connectivity index (χ3v) is 1.78. The van der Waals surface area contributed by atoms with Crippen molar-refractivity contribution in [1.29, 1.82) is 0 Å². The van der Waals surface area contributed by atoms with Crippen molar-refractivity contribution >= 4 is 12.0 Å². The van der Waals surface area contributed by atoms with Crippen molar-refractivity contribution in [2.45, 2.75) is 25.3 Å². The van der Waals surface area contributed by atoms with E-state index < -0.39 is 11.6 Å². The number of primary amides is 1. The zero-order valence-electron chi connectivity index (χ0n) is 6.92. The number of esters is 1. The van der Waals surface area contributed by atoms with E-state index in [0.29, 0.717) is 19.4 Å². The highest BCUT2D eigenvalue weighted by Gasteiger charge is 2.52. The van der Waals surface area contributed by atoms with E-state index in [4.69, 9.17) is 10.5 Å². The fourth-order valence-electron chi connectivity index (χ4n) is 1.01. The smallest absolute Gasteiger partial charge is 0.331 e. The predicted octanol–water partition coefficient (Wildman–Crippen LogP) is -0.250. The number of nitrogens with two attached hydrogens (primary N) is 1. The summed E-state index contributed by atoms with van der Waals surface area (Å²) in [6, 6.07) is -0.680. The molecule has 12 heavy (non-hydrogen) atoms. The Hall–Kier alpha value is -1.26. The molecule has 2 amide bonds. The number of hydrogen-bond donors (Lipinski definition) is 2. The van der Waals surface area contributed by atoms with Gasteiger partial charge >= 0.3 is 12.0 Å². The minimum absolute atomic E-state index is 0.320. The van der Waals surface area contributed by atoms with Crippen molar-refractivity contribution in [3.63, 3.8) is 0 Å². The average molecular weight is 172 g/mol. The number of rotatable bonds is 3. The second kappa shape index (κ2) is 3.00. The first-order valence-electron chi connectivity index (χ1n) is 3.85. The van der Waals surface area contributed by atoms with Gasteiger partial charge in [0.15, 0.2) is 0 Å². The van der Waals surface area contributed by atoms with Gasteiger partial charge in [-0.05, 0) is 19.8 Å². The summed E-state index contributed by atoms with van der Waals surface area (Å²) in [4.78, 5) is 21.6. The molecule has 5 heteroatoms. The third-order valence-electron chi connectivity index (χ3n) is 1.78. The summed E-state index contributed by atoms with van der Waals surface area (Å²) in [6.45, 7) is 2.04. The summed E-state index contributed by atoms with van der Waals surface area (Å²) in [7, 11) is 0. The largest absolute Gasteiger partial charge is 0.464 e. The van der Waals surface area contributed by atoms with E-state index in [1.807, 2.05) is 0 Å². The quantitative estimate of drug-likeness (QED) is 0.576. The van der Waals surface area contributed by atoms with Crippen LogP contribution in [0.1, 0.15) is 19.8 Å². The molecule has 1 aliphatic carbocycles. The lowest BCUT2D eigenvalue weighted by atomic mass is 10.3. The maximum Gasteiger partial charge on any atom is 0.331 e. The maximum absolute atomic E-state index is 11.2. The summed E-state index contributed by atoms with van der Waals surface area (Å²) in [6.07, 6.45) is 1.24. The first kappa shape index (κ1) is 8.83. The van der Waals surface area contributed by atoms with Crippen LogP contribution in [-0.2, 0) is 9.53 Å². The Labute approximate surface area is 70.2 Å². The molecule has 1 saturated carbocycles. The molecule has 0 heterocycles. The van der Waals surface area contributed by atoms with E-state index >= 15 is 0 Å². The molecule has 0 aromatic heterocycles. The molecule has 0 saturated heterocycles. The zero-order valence-corrected chi connectivity index (χ0v) is 6.92. The van der Waals surface area contributed by atoms with Crippen molar-refractivity contribution in [2.24, 2.45) is 5.73 Å². The summed E-state index contributed by atoms with van der Waals surface area (Å²) in [5.41, 5.74) is 4.09. The molecule has 0 aliphatic heterocycles. The summed E-state index contributed by atoms with van der Waals surface area (Å²) < 4.78 is 4.76. The van der Waals surface area contributed by atoms with Gasteiger partial charge in [-0.1, -0.05) is 0 Å². The van der Waals surface area contributed by atoms with Gasteiger partial charge in [-0.15, -0.1) is 0 Å². The van der Waals surface area contributed by atoms with Crippen LogP contribution in [0.5, 0.6) is 0 Å². The summed E-state index contributed by atoms with van der Waals surface area (Å²) in [5.74, 6) is -0.385. The molecule has 0 bridgehead atoms. The first-order valence-corrected chi connectivity index (χ1v) is 3.85. The van der Waals surface area contributed by atoms with Crippen LogP contribution in [-0.4, -0.2) is 24.1 Å². The van der Waals surface area contributed by atoms with E-state index in [1.54, 1.807) is 6.92 Å². The lowest BCUT2D eigenvalue weighted by Gasteiger charge is -2.13. The van der Waals surface area contributed by atoms with Crippen LogP contribution in [0.3, 0.4) is 0 Å². The SMILES string of the molecule is CCOC(=O)C1(NC(N)=O)CC1. The standard InChI is InChI=1S/C7H12N2O3/c1-2-12-5(10)7(3-4-7)9-6(8)11/h2-4H2,1H3,(H3,8,9,11). The van der Waals surface area contributed by atoms with Gasteiger partial charge in [0.25, 0.3) is 0 Å². The Kier molecular flexibility index (Phi) is 2.21. The van der Waals surface area contributed by atoms with Crippen molar-refractivity contribution in [2.75, 3.05) is 6.61 Å². The van der Waals surface area contributed by atoms with Gasteiger partial charge in [0.05, 0.1) is 6.61 Å². The number of hydrogen-bond acceptors (Lipinski definition) is 3. The van der Waals surface area contributed by atoms with Gasteiger partial charge in [0.1, 0.15) is 5.54 Å². The molecule has 0 unspecified atom stereocenters. The van der Waals surface area contributed by atoms with Crippen LogP contribution in [0, 0.1) is 0 Å². The number of amides is 2. The van der Waals surface area contributed by atoms with Crippen molar-refractivity contribution in [3.8, 4) is 0 Å². The number of nitrogens with one attached hydrogen (secondary N) is 1. The molecule has 0 aromatic carbocycles. The minimum Gasteiger partial charge on any atom is -0.464 e. The molecular weight excluding hydrogens is 160 g/mol. The fourth-order valence-corrected chi connectivity index (χ4v) is 1.01. The van der Waals surface area contributed by atoms with Crippen LogP contribution in [0.25, 0.3) is 0 Å². The topological polar surface area (TPSA) is 81.4 Å². The Morgan fingerprint density at radius 3 is 2.50 bits per heavy atom. The van der Waals surface area contributed by atoms with Crippen molar-refractivity contribution < 1.29 is 14.3 Å². The molecule has 1 rings (SSSR count). The Bertz CT molecular complexity index is 211.